The maximum Gasteiger partial charge on any atom is 0.414 e. The van der Waals surface area contributed by atoms with E-state index in [4.69, 9.17) is 9.47 Å². The second-order valence-corrected chi connectivity index (χ2v) is 10.2. The number of thioether (sulfide) groups is 1. The van der Waals surface area contributed by atoms with Crippen molar-refractivity contribution in [1.82, 2.24) is 15.3 Å². The summed E-state index contributed by atoms with van der Waals surface area (Å²) in [5, 5.41) is 6.33. The normalized spacial score (nSPS) is 21.2. The van der Waals surface area contributed by atoms with Crippen molar-refractivity contribution in [2.45, 2.75) is 23.5 Å². The lowest BCUT2D eigenvalue weighted by atomic mass is 10.2. The first kappa shape index (κ1) is 23.7. The molecule has 0 unspecified atom stereocenters. The fraction of sp³-hybridized carbons (Fsp3) is 0.360. The van der Waals surface area contributed by atoms with Crippen molar-refractivity contribution in [2.75, 3.05) is 54.2 Å². The molecule has 0 spiro atoms. The summed E-state index contributed by atoms with van der Waals surface area (Å²) in [4.78, 5) is 37.4. The van der Waals surface area contributed by atoms with Crippen LogP contribution in [0.1, 0.15) is 6.42 Å². The number of pyridine rings is 2. The van der Waals surface area contributed by atoms with Gasteiger partial charge in [0, 0.05) is 42.3 Å². The van der Waals surface area contributed by atoms with E-state index in [1.807, 2.05) is 23.1 Å². The third-order valence-corrected chi connectivity index (χ3v) is 7.82. The Balaban J connectivity index is 1.09. The van der Waals surface area contributed by atoms with Gasteiger partial charge in [-0.05, 0) is 30.7 Å². The zero-order chi connectivity index (χ0) is 25.5. The minimum absolute atomic E-state index is 0.0547. The van der Waals surface area contributed by atoms with Gasteiger partial charge in [-0.25, -0.2) is 14.2 Å². The quantitative estimate of drug-likeness (QED) is 0.503. The SMILES string of the molecule is COc1ccc2ncc(F)c(N3CC[C@H](NC[C@@H]4CN(c5ccc6c(c5)NC(=O)CS6)C(=O)O4)C3)c2n1. The number of halogens is 1. The van der Waals surface area contributed by atoms with E-state index in [0.717, 1.165) is 11.3 Å². The highest BCUT2D eigenvalue weighted by Crippen LogP contribution is 2.36. The molecule has 1 aromatic carbocycles. The summed E-state index contributed by atoms with van der Waals surface area (Å²) >= 11 is 1.48. The van der Waals surface area contributed by atoms with Gasteiger partial charge in [-0.2, -0.15) is 0 Å². The van der Waals surface area contributed by atoms with Gasteiger partial charge in [0.05, 0.1) is 36.8 Å². The molecule has 2 atom stereocenters. The van der Waals surface area contributed by atoms with Crippen LogP contribution in [-0.2, 0) is 9.53 Å². The summed E-state index contributed by atoms with van der Waals surface area (Å²) in [6.45, 7) is 2.11. The Morgan fingerprint density at radius 2 is 2.16 bits per heavy atom. The Bertz CT molecular complexity index is 1390. The molecule has 2 N–H and O–H groups in total. The smallest absolute Gasteiger partial charge is 0.414 e. The largest absolute Gasteiger partial charge is 0.481 e. The highest BCUT2D eigenvalue weighted by atomic mass is 32.2. The predicted octanol–water partition coefficient (Wildman–Crippen LogP) is 3.02. The van der Waals surface area contributed by atoms with Crippen LogP contribution in [0.4, 0.5) is 26.2 Å². The van der Waals surface area contributed by atoms with Crippen molar-refractivity contribution in [2.24, 2.45) is 0 Å². The molecule has 3 aliphatic rings. The first-order chi connectivity index (χ1) is 18.0. The molecule has 3 aromatic rings. The van der Waals surface area contributed by atoms with E-state index in [9.17, 15) is 14.0 Å². The third-order valence-electron chi connectivity index (χ3n) is 6.75. The molecule has 2 aromatic heterocycles. The monoisotopic (exact) mass is 524 g/mol. The number of nitrogens with one attached hydrogen (secondary N) is 2. The predicted molar refractivity (Wildman–Crippen MR) is 138 cm³/mol. The number of benzene rings is 1. The lowest BCUT2D eigenvalue weighted by molar-refractivity contribution is -0.113. The zero-order valence-corrected chi connectivity index (χ0v) is 20.9. The number of fused-ring (bicyclic) bond motifs is 2. The molecule has 192 valence electrons. The molecule has 37 heavy (non-hydrogen) atoms. The molecule has 0 aliphatic carbocycles. The number of carbonyl (C=O) groups is 2. The maximum atomic E-state index is 14.8. The van der Waals surface area contributed by atoms with E-state index in [1.54, 1.807) is 17.0 Å². The minimum atomic E-state index is -0.422. The Hall–Kier alpha value is -3.64. The first-order valence-electron chi connectivity index (χ1n) is 12.0. The van der Waals surface area contributed by atoms with Gasteiger partial charge in [0.1, 0.15) is 17.3 Å². The van der Waals surface area contributed by atoms with Crippen molar-refractivity contribution in [3.63, 3.8) is 0 Å². The van der Waals surface area contributed by atoms with Crippen molar-refractivity contribution < 1.29 is 23.5 Å². The van der Waals surface area contributed by atoms with Crippen LogP contribution in [-0.4, -0.2) is 73.2 Å². The Morgan fingerprint density at radius 1 is 1.27 bits per heavy atom. The van der Waals surface area contributed by atoms with Crippen molar-refractivity contribution in [3.8, 4) is 5.88 Å². The minimum Gasteiger partial charge on any atom is -0.481 e. The summed E-state index contributed by atoms with van der Waals surface area (Å²) in [7, 11) is 1.52. The number of rotatable bonds is 6. The Labute approximate surface area is 216 Å². The molecule has 2 saturated heterocycles. The fourth-order valence-electron chi connectivity index (χ4n) is 4.93. The lowest BCUT2D eigenvalue weighted by Crippen LogP contribution is -2.39. The van der Waals surface area contributed by atoms with Crippen LogP contribution in [0.3, 0.4) is 0 Å². The molecule has 2 amide bonds. The van der Waals surface area contributed by atoms with Gasteiger partial charge < -0.3 is 25.0 Å². The third kappa shape index (κ3) is 4.62. The maximum absolute atomic E-state index is 14.8. The van der Waals surface area contributed by atoms with Crippen molar-refractivity contribution in [3.05, 3.63) is 42.3 Å². The number of carbonyl (C=O) groups excluding carboxylic acids is 2. The average molecular weight is 525 g/mol. The molecule has 12 heteroatoms. The number of aromatic nitrogens is 2. The molecular formula is C25H25FN6O4S. The topological polar surface area (TPSA) is 109 Å². The number of cyclic esters (lactones) is 1. The number of hydrogen-bond donors (Lipinski definition) is 2. The van der Waals surface area contributed by atoms with Crippen molar-refractivity contribution in [1.29, 1.82) is 0 Å². The highest BCUT2D eigenvalue weighted by Gasteiger charge is 2.34. The average Bonchev–Trinajstić information content (AvgIpc) is 3.52. The molecule has 3 aliphatic heterocycles. The number of methoxy groups -OCH3 is 1. The van der Waals surface area contributed by atoms with Gasteiger partial charge in [-0.15, -0.1) is 11.8 Å². The number of anilines is 3. The summed E-state index contributed by atoms with van der Waals surface area (Å²) in [5.74, 6) is 0.316. The molecule has 0 bridgehead atoms. The number of nitrogens with zero attached hydrogens (tertiary/aromatic N) is 4. The van der Waals surface area contributed by atoms with Crippen LogP contribution in [0.2, 0.25) is 0 Å². The van der Waals surface area contributed by atoms with Crippen molar-refractivity contribution >= 4 is 51.9 Å². The van der Waals surface area contributed by atoms with Gasteiger partial charge >= 0.3 is 6.09 Å². The molecule has 2 fully saturated rings. The van der Waals surface area contributed by atoms with Crippen LogP contribution in [0, 0.1) is 5.82 Å². The summed E-state index contributed by atoms with van der Waals surface area (Å²) in [6, 6.07) is 9.15. The Morgan fingerprint density at radius 3 is 3.03 bits per heavy atom. The van der Waals surface area contributed by atoms with Gasteiger partial charge in [0.25, 0.3) is 0 Å². The first-order valence-corrected chi connectivity index (χ1v) is 13.0. The van der Waals surface area contributed by atoms with E-state index in [-0.39, 0.29) is 18.1 Å². The van der Waals surface area contributed by atoms with E-state index in [0.29, 0.717) is 65.9 Å². The van der Waals surface area contributed by atoms with E-state index >= 15 is 0 Å². The van der Waals surface area contributed by atoms with E-state index in [1.165, 1.54) is 25.1 Å². The van der Waals surface area contributed by atoms with Crippen LogP contribution in [0.15, 0.2) is 41.4 Å². The summed E-state index contributed by atoms with van der Waals surface area (Å²) < 4.78 is 25.7. The van der Waals surface area contributed by atoms with Gasteiger partial charge in [-0.3, -0.25) is 14.7 Å². The summed E-state index contributed by atoms with van der Waals surface area (Å²) in [5.41, 5.74) is 2.89. The highest BCUT2D eigenvalue weighted by molar-refractivity contribution is 8.00. The molecular weight excluding hydrogens is 499 g/mol. The van der Waals surface area contributed by atoms with Gasteiger partial charge in [-0.1, -0.05) is 0 Å². The number of hydrogen-bond acceptors (Lipinski definition) is 9. The Kier molecular flexibility index (Phi) is 6.21. The number of ether oxygens (including phenoxy) is 2. The molecule has 6 rings (SSSR count). The van der Waals surface area contributed by atoms with Crippen LogP contribution < -0.4 is 25.2 Å². The van der Waals surface area contributed by atoms with Gasteiger partial charge in [0.2, 0.25) is 11.8 Å². The number of amides is 2. The fourth-order valence-corrected chi connectivity index (χ4v) is 5.72. The van der Waals surface area contributed by atoms with E-state index < -0.39 is 11.9 Å². The molecule has 5 heterocycles. The van der Waals surface area contributed by atoms with E-state index in [2.05, 4.69) is 20.6 Å². The summed E-state index contributed by atoms with van der Waals surface area (Å²) in [6.07, 6.45) is 1.29. The lowest BCUT2D eigenvalue weighted by Gasteiger charge is -2.21. The van der Waals surface area contributed by atoms with Gasteiger partial charge in [0.15, 0.2) is 5.82 Å². The second-order valence-electron chi connectivity index (χ2n) is 9.15. The molecule has 0 radical (unpaired) electrons. The molecule has 0 saturated carbocycles. The van der Waals surface area contributed by atoms with Crippen LogP contribution in [0.5, 0.6) is 5.88 Å². The van der Waals surface area contributed by atoms with Crippen LogP contribution >= 0.6 is 11.8 Å². The molecule has 10 nitrogen and oxygen atoms in total. The second kappa shape index (κ2) is 9.67. The zero-order valence-electron chi connectivity index (χ0n) is 20.1. The van der Waals surface area contributed by atoms with Crippen LogP contribution in [0.25, 0.3) is 11.0 Å². The standard InChI is InChI=1S/C25H25FN6O4S/c1-35-22-5-3-18-23(30-22)24(17(26)10-28-18)31-7-6-14(11-31)27-9-16-12-32(25(34)36-16)15-2-4-20-19(8-15)29-21(33)13-37-20/h2-5,8,10,14,16,27H,6-7,9,11-13H2,1H3,(H,29,33)/t14-,16+/m0/s1.